The van der Waals surface area contributed by atoms with Gasteiger partial charge in [0, 0.05) is 31.0 Å². The van der Waals surface area contributed by atoms with Gasteiger partial charge in [0.05, 0.1) is 25.8 Å². The van der Waals surface area contributed by atoms with E-state index in [1.165, 1.54) is 6.33 Å². The summed E-state index contributed by atoms with van der Waals surface area (Å²) in [5.74, 6) is 1.15. The second-order valence-electron chi connectivity index (χ2n) is 5.60. The van der Waals surface area contributed by atoms with Crippen LogP contribution < -0.4 is 0 Å². The van der Waals surface area contributed by atoms with Gasteiger partial charge >= 0.3 is 0 Å². The molecule has 0 N–H and O–H groups in total. The topological polar surface area (TPSA) is 95.0 Å². The Balaban J connectivity index is 1.37. The van der Waals surface area contributed by atoms with Crippen LogP contribution in [0.3, 0.4) is 0 Å². The van der Waals surface area contributed by atoms with Crippen molar-refractivity contribution >= 4 is 0 Å². The van der Waals surface area contributed by atoms with E-state index in [1.807, 2.05) is 12.1 Å². The summed E-state index contributed by atoms with van der Waals surface area (Å²) in [6, 6.07) is 3.76. The van der Waals surface area contributed by atoms with Crippen LogP contribution in [-0.2, 0) is 17.8 Å². The third kappa shape index (κ3) is 3.47. The average Bonchev–Trinajstić information content (AvgIpc) is 3.28. The first-order valence-electron chi connectivity index (χ1n) is 7.76. The van der Waals surface area contributed by atoms with Gasteiger partial charge in [0.15, 0.2) is 0 Å². The molecule has 0 aromatic carbocycles. The molecule has 0 radical (unpaired) electrons. The molecular weight excluding hydrogens is 310 g/mol. The van der Waals surface area contributed by atoms with Gasteiger partial charge in [-0.3, -0.25) is 14.6 Å². The molecule has 0 saturated carbocycles. The lowest BCUT2D eigenvalue weighted by Crippen LogP contribution is -2.43. The Kier molecular flexibility index (Phi) is 4.26. The SMILES string of the molecule is c1cncc(-c2noc(CN3CCO[C@@H](Cn4cncn4)C3)n2)c1. The molecule has 9 nitrogen and oxygen atoms in total. The molecule has 4 rings (SSSR count). The third-order valence-corrected chi connectivity index (χ3v) is 3.83. The molecular formula is C15H17N7O2. The summed E-state index contributed by atoms with van der Waals surface area (Å²) in [6.45, 7) is 3.57. The zero-order chi connectivity index (χ0) is 16.2. The van der Waals surface area contributed by atoms with Crippen molar-refractivity contribution in [3.05, 3.63) is 43.1 Å². The predicted octanol–water partition coefficient (Wildman–Crippen LogP) is 0.624. The Labute approximate surface area is 138 Å². The first-order chi connectivity index (χ1) is 11.9. The summed E-state index contributed by atoms with van der Waals surface area (Å²) in [4.78, 5) is 14.7. The van der Waals surface area contributed by atoms with Gasteiger partial charge in [0.1, 0.15) is 12.7 Å². The number of hydrogen-bond donors (Lipinski definition) is 0. The zero-order valence-corrected chi connectivity index (χ0v) is 13.0. The molecule has 1 aliphatic heterocycles. The second-order valence-corrected chi connectivity index (χ2v) is 5.60. The minimum Gasteiger partial charge on any atom is -0.374 e. The van der Waals surface area contributed by atoms with E-state index in [1.54, 1.807) is 23.4 Å². The maximum atomic E-state index is 5.79. The normalized spacial score (nSPS) is 18.8. The minimum atomic E-state index is 0.0705. The Hall–Kier alpha value is -2.65. The maximum absolute atomic E-state index is 5.79. The predicted molar refractivity (Wildman–Crippen MR) is 82.6 cm³/mol. The molecule has 0 unspecified atom stereocenters. The Morgan fingerprint density at radius 1 is 1.29 bits per heavy atom. The summed E-state index contributed by atoms with van der Waals surface area (Å²) in [5, 5.41) is 8.14. The van der Waals surface area contributed by atoms with Crippen LogP contribution in [0.25, 0.3) is 11.4 Å². The molecule has 0 amide bonds. The van der Waals surface area contributed by atoms with Crippen molar-refractivity contribution in [3.63, 3.8) is 0 Å². The van der Waals surface area contributed by atoms with Crippen molar-refractivity contribution in [1.82, 2.24) is 34.8 Å². The molecule has 9 heteroatoms. The van der Waals surface area contributed by atoms with Crippen LogP contribution >= 0.6 is 0 Å². The van der Waals surface area contributed by atoms with Gasteiger partial charge in [0.25, 0.3) is 0 Å². The van der Waals surface area contributed by atoms with Crippen molar-refractivity contribution in [1.29, 1.82) is 0 Å². The average molecular weight is 327 g/mol. The van der Waals surface area contributed by atoms with Gasteiger partial charge in [0.2, 0.25) is 11.7 Å². The van der Waals surface area contributed by atoms with Gasteiger partial charge in [-0.15, -0.1) is 0 Å². The van der Waals surface area contributed by atoms with Crippen LogP contribution in [0.15, 0.2) is 41.7 Å². The molecule has 1 saturated heterocycles. The quantitative estimate of drug-likeness (QED) is 0.673. The molecule has 4 heterocycles. The van der Waals surface area contributed by atoms with Gasteiger partial charge in [-0.2, -0.15) is 10.1 Å². The Bertz CT molecular complexity index is 759. The number of rotatable bonds is 5. The minimum absolute atomic E-state index is 0.0705. The summed E-state index contributed by atoms with van der Waals surface area (Å²) >= 11 is 0. The maximum Gasteiger partial charge on any atom is 0.241 e. The lowest BCUT2D eigenvalue weighted by atomic mass is 10.2. The molecule has 0 spiro atoms. The van der Waals surface area contributed by atoms with Gasteiger partial charge in [-0.25, -0.2) is 4.98 Å². The molecule has 24 heavy (non-hydrogen) atoms. The number of pyridine rings is 1. The molecule has 3 aromatic heterocycles. The number of nitrogens with zero attached hydrogens (tertiary/aromatic N) is 7. The largest absolute Gasteiger partial charge is 0.374 e. The summed E-state index contributed by atoms with van der Waals surface area (Å²) < 4.78 is 12.9. The molecule has 1 atom stereocenters. The van der Waals surface area contributed by atoms with E-state index in [0.717, 1.165) is 18.7 Å². The van der Waals surface area contributed by atoms with Gasteiger partial charge in [-0.05, 0) is 12.1 Å². The van der Waals surface area contributed by atoms with Crippen molar-refractivity contribution in [2.24, 2.45) is 0 Å². The highest BCUT2D eigenvalue weighted by Crippen LogP contribution is 2.16. The van der Waals surface area contributed by atoms with Crippen LogP contribution in [0, 0.1) is 0 Å². The molecule has 124 valence electrons. The van der Waals surface area contributed by atoms with E-state index in [0.29, 0.717) is 31.4 Å². The number of morpholine rings is 1. The van der Waals surface area contributed by atoms with E-state index in [9.17, 15) is 0 Å². The van der Waals surface area contributed by atoms with Crippen LogP contribution in [-0.4, -0.2) is 60.6 Å². The lowest BCUT2D eigenvalue weighted by Gasteiger charge is -2.31. The highest BCUT2D eigenvalue weighted by Gasteiger charge is 2.23. The second kappa shape index (κ2) is 6.85. The van der Waals surface area contributed by atoms with E-state index < -0.39 is 0 Å². The number of hydrogen-bond acceptors (Lipinski definition) is 8. The summed E-state index contributed by atoms with van der Waals surface area (Å²) in [7, 11) is 0. The van der Waals surface area contributed by atoms with E-state index in [2.05, 4.69) is 30.1 Å². The van der Waals surface area contributed by atoms with Crippen molar-refractivity contribution in [2.75, 3.05) is 19.7 Å². The highest BCUT2D eigenvalue weighted by atomic mass is 16.5. The van der Waals surface area contributed by atoms with Crippen LogP contribution in [0.2, 0.25) is 0 Å². The smallest absolute Gasteiger partial charge is 0.241 e. The molecule has 1 fully saturated rings. The third-order valence-electron chi connectivity index (χ3n) is 3.83. The van der Waals surface area contributed by atoms with Gasteiger partial charge < -0.3 is 9.26 Å². The van der Waals surface area contributed by atoms with Crippen molar-refractivity contribution < 1.29 is 9.26 Å². The standard InChI is InChI=1S/C15H17N7O2/c1-2-12(6-16-3-1)15-19-14(24-20-15)9-21-4-5-23-13(7-21)8-22-11-17-10-18-22/h1-3,6,10-11,13H,4-5,7-9H2/t13-/m1/s1. The van der Waals surface area contributed by atoms with Crippen molar-refractivity contribution in [2.45, 2.75) is 19.2 Å². The van der Waals surface area contributed by atoms with Crippen molar-refractivity contribution in [3.8, 4) is 11.4 Å². The molecule has 3 aromatic rings. The number of aromatic nitrogens is 6. The first-order valence-corrected chi connectivity index (χ1v) is 7.76. The summed E-state index contributed by atoms with van der Waals surface area (Å²) in [6.07, 6.45) is 6.73. The Morgan fingerprint density at radius 3 is 3.12 bits per heavy atom. The fourth-order valence-electron chi connectivity index (χ4n) is 2.69. The van der Waals surface area contributed by atoms with E-state index in [-0.39, 0.29) is 6.10 Å². The monoisotopic (exact) mass is 327 g/mol. The molecule has 1 aliphatic rings. The molecule has 0 bridgehead atoms. The molecule has 0 aliphatic carbocycles. The number of ether oxygens (including phenoxy) is 1. The van der Waals surface area contributed by atoms with Crippen LogP contribution in [0.1, 0.15) is 5.89 Å². The van der Waals surface area contributed by atoms with Gasteiger partial charge in [-0.1, -0.05) is 5.16 Å². The lowest BCUT2D eigenvalue weighted by molar-refractivity contribution is -0.0426. The van der Waals surface area contributed by atoms with Crippen LogP contribution in [0.5, 0.6) is 0 Å². The van der Waals surface area contributed by atoms with Crippen LogP contribution in [0.4, 0.5) is 0 Å². The van der Waals surface area contributed by atoms with E-state index >= 15 is 0 Å². The zero-order valence-electron chi connectivity index (χ0n) is 13.0. The van der Waals surface area contributed by atoms with E-state index in [4.69, 9.17) is 9.26 Å². The fourth-order valence-corrected chi connectivity index (χ4v) is 2.69. The first kappa shape index (κ1) is 14.9. The Morgan fingerprint density at radius 2 is 2.29 bits per heavy atom. The highest BCUT2D eigenvalue weighted by molar-refractivity contribution is 5.51. The fraction of sp³-hybridized carbons (Fsp3) is 0.400. The summed E-state index contributed by atoms with van der Waals surface area (Å²) in [5.41, 5.74) is 0.846.